The predicted octanol–water partition coefficient (Wildman–Crippen LogP) is 2.84. The average molecular weight is 250 g/mol. The summed E-state index contributed by atoms with van der Waals surface area (Å²) in [6.45, 7) is 4.32. The lowest BCUT2D eigenvalue weighted by atomic mass is 10.1. The highest BCUT2D eigenvalue weighted by molar-refractivity contribution is 6.52. The first kappa shape index (κ1) is 11.9. The number of anilines is 1. The number of hydrogen-bond acceptors (Lipinski definition) is 2. The van der Waals surface area contributed by atoms with Gasteiger partial charge in [0.2, 0.25) is 0 Å². The fraction of sp³-hybridized carbons (Fsp3) is 0.231. The summed E-state index contributed by atoms with van der Waals surface area (Å²) in [5.74, 6) is -0.968. The highest BCUT2D eigenvalue weighted by Crippen LogP contribution is 2.31. The smallest absolute Gasteiger partial charge is 0.299 e. The van der Waals surface area contributed by atoms with E-state index >= 15 is 0 Å². The zero-order valence-electron chi connectivity index (χ0n) is 9.66. The van der Waals surface area contributed by atoms with E-state index in [-0.39, 0.29) is 0 Å². The molecule has 2 rings (SSSR count). The highest BCUT2D eigenvalue weighted by atomic mass is 35.5. The SMILES string of the molecule is CC(C)=CCN1C(=O)C(=O)c2cc(Cl)ccc21. The molecule has 0 unspecified atom stereocenters. The first-order valence-corrected chi connectivity index (χ1v) is 5.67. The molecule has 0 saturated carbocycles. The van der Waals surface area contributed by atoms with Gasteiger partial charge in [-0.2, -0.15) is 0 Å². The first-order chi connectivity index (χ1) is 8.00. The van der Waals surface area contributed by atoms with E-state index in [4.69, 9.17) is 11.6 Å². The topological polar surface area (TPSA) is 37.4 Å². The molecule has 1 amide bonds. The Kier molecular flexibility index (Phi) is 3.03. The molecule has 1 aliphatic heterocycles. The summed E-state index contributed by atoms with van der Waals surface area (Å²) in [6.07, 6.45) is 1.91. The number of amides is 1. The van der Waals surface area contributed by atoms with Crippen LogP contribution in [0.4, 0.5) is 5.69 Å². The number of carbonyl (C=O) groups is 2. The summed E-state index contributed by atoms with van der Waals surface area (Å²) >= 11 is 5.82. The molecule has 17 heavy (non-hydrogen) atoms. The van der Waals surface area contributed by atoms with Gasteiger partial charge in [-0.3, -0.25) is 9.59 Å². The lowest BCUT2D eigenvalue weighted by Crippen LogP contribution is -2.29. The van der Waals surface area contributed by atoms with Gasteiger partial charge < -0.3 is 4.90 Å². The Morgan fingerprint density at radius 3 is 2.71 bits per heavy atom. The van der Waals surface area contributed by atoms with Crippen molar-refractivity contribution in [1.29, 1.82) is 0 Å². The zero-order valence-corrected chi connectivity index (χ0v) is 10.4. The van der Waals surface area contributed by atoms with Crippen molar-refractivity contribution >= 4 is 29.0 Å². The molecule has 0 saturated heterocycles. The molecule has 0 fully saturated rings. The Hall–Kier alpha value is -1.61. The third-order valence-corrected chi connectivity index (χ3v) is 2.85. The van der Waals surface area contributed by atoms with Crippen LogP contribution in [-0.4, -0.2) is 18.2 Å². The van der Waals surface area contributed by atoms with Crippen molar-refractivity contribution < 1.29 is 9.59 Å². The maximum absolute atomic E-state index is 11.8. The maximum Gasteiger partial charge on any atom is 0.299 e. The first-order valence-electron chi connectivity index (χ1n) is 5.30. The molecule has 0 radical (unpaired) electrons. The van der Waals surface area contributed by atoms with Gasteiger partial charge in [0.1, 0.15) is 0 Å². The molecule has 3 nitrogen and oxygen atoms in total. The van der Waals surface area contributed by atoms with Gasteiger partial charge in [0, 0.05) is 11.6 Å². The molecule has 1 aliphatic rings. The number of fused-ring (bicyclic) bond motifs is 1. The summed E-state index contributed by atoms with van der Waals surface area (Å²) in [7, 11) is 0. The zero-order chi connectivity index (χ0) is 12.6. The molecule has 0 aliphatic carbocycles. The van der Waals surface area contributed by atoms with Crippen LogP contribution in [0.2, 0.25) is 5.02 Å². The van der Waals surface area contributed by atoms with Gasteiger partial charge in [-0.05, 0) is 32.0 Å². The van der Waals surface area contributed by atoms with Crippen LogP contribution in [0.5, 0.6) is 0 Å². The van der Waals surface area contributed by atoms with Crippen molar-refractivity contribution in [3.05, 3.63) is 40.4 Å². The van der Waals surface area contributed by atoms with E-state index < -0.39 is 11.7 Å². The van der Waals surface area contributed by atoms with E-state index in [1.807, 2.05) is 19.9 Å². The fourth-order valence-corrected chi connectivity index (χ4v) is 1.90. The molecular formula is C13H12ClNO2. The van der Waals surface area contributed by atoms with E-state index in [1.54, 1.807) is 18.2 Å². The number of Topliss-reactive ketones (excluding diaryl/α,β-unsaturated/α-hetero) is 1. The van der Waals surface area contributed by atoms with Crippen LogP contribution in [0, 0.1) is 0 Å². The van der Waals surface area contributed by atoms with Gasteiger partial charge in [0.25, 0.3) is 11.7 Å². The van der Waals surface area contributed by atoms with Crippen molar-refractivity contribution in [1.82, 2.24) is 0 Å². The molecule has 1 aromatic carbocycles. The van der Waals surface area contributed by atoms with Gasteiger partial charge >= 0.3 is 0 Å². The van der Waals surface area contributed by atoms with Crippen molar-refractivity contribution in [2.75, 3.05) is 11.4 Å². The molecule has 0 aromatic heterocycles. The summed E-state index contributed by atoms with van der Waals surface area (Å²) in [5, 5.41) is 0.467. The van der Waals surface area contributed by atoms with Crippen molar-refractivity contribution in [3.63, 3.8) is 0 Å². The molecule has 0 spiro atoms. The standard InChI is InChI=1S/C13H12ClNO2/c1-8(2)5-6-15-11-4-3-9(14)7-10(11)12(16)13(15)17/h3-5,7H,6H2,1-2H3. The second-order valence-corrected chi connectivity index (χ2v) is 4.62. The molecular weight excluding hydrogens is 238 g/mol. The average Bonchev–Trinajstić information content (AvgIpc) is 2.50. The van der Waals surface area contributed by atoms with Gasteiger partial charge in [0.15, 0.2) is 0 Å². The Labute approximate surface area is 105 Å². The van der Waals surface area contributed by atoms with Crippen molar-refractivity contribution in [3.8, 4) is 0 Å². The largest absolute Gasteiger partial charge is 0.301 e. The molecule has 0 atom stereocenters. The minimum atomic E-state index is -0.486. The number of carbonyl (C=O) groups excluding carboxylic acids is 2. The van der Waals surface area contributed by atoms with E-state index in [1.165, 1.54) is 4.90 Å². The Bertz CT molecular complexity index is 530. The van der Waals surface area contributed by atoms with Crippen LogP contribution in [0.1, 0.15) is 24.2 Å². The summed E-state index contributed by atoms with van der Waals surface area (Å²) < 4.78 is 0. The number of nitrogens with zero attached hydrogens (tertiary/aromatic N) is 1. The van der Waals surface area contributed by atoms with E-state index in [9.17, 15) is 9.59 Å². The molecule has 88 valence electrons. The van der Waals surface area contributed by atoms with Crippen LogP contribution in [0.3, 0.4) is 0 Å². The minimum Gasteiger partial charge on any atom is -0.301 e. The molecule has 0 bridgehead atoms. The van der Waals surface area contributed by atoms with E-state index in [0.717, 1.165) is 5.57 Å². The molecule has 1 aromatic rings. The number of hydrogen-bond donors (Lipinski definition) is 0. The quantitative estimate of drug-likeness (QED) is 0.597. The van der Waals surface area contributed by atoms with Crippen LogP contribution < -0.4 is 4.90 Å². The number of halogens is 1. The number of benzene rings is 1. The van der Waals surface area contributed by atoms with E-state index in [0.29, 0.717) is 22.8 Å². The lowest BCUT2D eigenvalue weighted by Gasteiger charge is -2.14. The van der Waals surface area contributed by atoms with Crippen LogP contribution in [0.15, 0.2) is 29.8 Å². The number of allylic oxidation sites excluding steroid dienone is 1. The molecule has 0 N–H and O–H groups in total. The monoisotopic (exact) mass is 249 g/mol. The van der Waals surface area contributed by atoms with Crippen molar-refractivity contribution in [2.45, 2.75) is 13.8 Å². The van der Waals surface area contributed by atoms with Gasteiger partial charge in [0.05, 0.1) is 11.3 Å². The van der Waals surface area contributed by atoms with E-state index in [2.05, 4.69) is 0 Å². The summed E-state index contributed by atoms with van der Waals surface area (Å²) in [6, 6.07) is 4.93. The van der Waals surface area contributed by atoms with Gasteiger partial charge in [-0.25, -0.2) is 0 Å². The highest BCUT2D eigenvalue weighted by Gasteiger charge is 2.35. The van der Waals surface area contributed by atoms with Gasteiger partial charge in [-0.15, -0.1) is 0 Å². The third-order valence-electron chi connectivity index (χ3n) is 2.62. The molecule has 4 heteroatoms. The lowest BCUT2D eigenvalue weighted by molar-refractivity contribution is -0.114. The van der Waals surface area contributed by atoms with Crippen LogP contribution >= 0.6 is 11.6 Å². The summed E-state index contributed by atoms with van der Waals surface area (Å²) in [5.41, 5.74) is 2.14. The molecule has 1 heterocycles. The predicted molar refractivity (Wildman–Crippen MR) is 67.6 cm³/mol. The van der Waals surface area contributed by atoms with Crippen LogP contribution in [0.25, 0.3) is 0 Å². The summed E-state index contributed by atoms with van der Waals surface area (Å²) in [4.78, 5) is 25.0. The minimum absolute atomic E-state index is 0.393. The van der Waals surface area contributed by atoms with Crippen molar-refractivity contribution in [2.24, 2.45) is 0 Å². The Balaban J connectivity index is 2.41. The van der Waals surface area contributed by atoms with Gasteiger partial charge in [-0.1, -0.05) is 23.3 Å². The maximum atomic E-state index is 11.8. The number of ketones is 1. The number of rotatable bonds is 2. The normalized spacial score (nSPS) is 13.9. The fourth-order valence-electron chi connectivity index (χ4n) is 1.73. The second kappa shape index (κ2) is 4.34. The van der Waals surface area contributed by atoms with Crippen LogP contribution in [-0.2, 0) is 4.79 Å². The third kappa shape index (κ3) is 2.11. The second-order valence-electron chi connectivity index (χ2n) is 4.19. The Morgan fingerprint density at radius 2 is 2.06 bits per heavy atom. The Morgan fingerprint density at radius 1 is 1.35 bits per heavy atom.